The predicted octanol–water partition coefficient (Wildman–Crippen LogP) is 3.08. The number of likely N-dealkylation sites (tertiary alicyclic amines) is 2. The molecule has 2 amide bonds. The first-order chi connectivity index (χ1) is 20.1. The first-order valence-electron chi connectivity index (χ1n) is 15.5. The average molecular weight is 584 g/mol. The summed E-state index contributed by atoms with van der Waals surface area (Å²) in [6.07, 6.45) is 4.41. The van der Waals surface area contributed by atoms with E-state index in [2.05, 4.69) is 22.4 Å². The molecule has 2 saturated heterocycles. The molecule has 42 heavy (non-hydrogen) atoms. The molecule has 0 radical (unpaired) electrons. The van der Waals surface area contributed by atoms with Gasteiger partial charge in [-0.15, -0.1) is 0 Å². The number of nitrogens with zero attached hydrogens (tertiary/aromatic N) is 4. The molecule has 4 atom stereocenters. The van der Waals surface area contributed by atoms with Crippen LogP contribution in [0.25, 0.3) is 11.3 Å². The van der Waals surface area contributed by atoms with E-state index in [1.165, 1.54) is 4.90 Å². The van der Waals surface area contributed by atoms with Gasteiger partial charge in [0.25, 0.3) is 0 Å². The Morgan fingerprint density at radius 2 is 1.90 bits per heavy atom. The normalized spacial score (nSPS) is 21.5. The second-order valence-corrected chi connectivity index (χ2v) is 12.3. The van der Waals surface area contributed by atoms with Crippen LogP contribution in [0.4, 0.5) is 0 Å². The number of aromatic nitrogens is 2. The zero-order valence-corrected chi connectivity index (χ0v) is 25.8. The van der Waals surface area contributed by atoms with Gasteiger partial charge in [-0.1, -0.05) is 32.9 Å². The van der Waals surface area contributed by atoms with Gasteiger partial charge >= 0.3 is 0 Å². The van der Waals surface area contributed by atoms with Crippen LogP contribution < -0.4 is 10.1 Å². The largest absolute Gasteiger partial charge is 0.493 e. The van der Waals surface area contributed by atoms with Crippen LogP contribution in [0.5, 0.6) is 5.75 Å². The van der Waals surface area contributed by atoms with E-state index < -0.39 is 18.2 Å². The molecule has 0 spiro atoms. The summed E-state index contributed by atoms with van der Waals surface area (Å²) >= 11 is 0. The molecule has 4 rings (SSSR count). The van der Waals surface area contributed by atoms with Gasteiger partial charge < -0.3 is 30.1 Å². The van der Waals surface area contributed by atoms with Gasteiger partial charge in [0.05, 0.1) is 31.1 Å². The summed E-state index contributed by atoms with van der Waals surface area (Å²) in [5, 5.41) is 28.2. The molecule has 1 aromatic carbocycles. The maximum atomic E-state index is 13.6. The van der Waals surface area contributed by atoms with Gasteiger partial charge in [-0.2, -0.15) is 5.10 Å². The molecule has 2 aromatic rings. The van der Waals surface area contributed by atoms with Crippen molar-refractivity contribution in [1.82, 2.24) is 24.9 Å². The molecule has 2 aliphatic heterocycles. The van der Waals surface area contributed by atoms with Crippen molar-refractivity contribution >= 4 is 11.8 Å². The molecule has 10 nitrogen and oxygen atoms in total. The molecule has 2 fully saturated rings. The van der Waals surface area contributed by atoms with Crippen LogP contribution >= 0.6 is 0 Å². The SMILES string of the molecule is CCn1nccc1-c1ccc(C(CO)NC(=O)C2CC(O)CN2C(=O)C(C)C(C)C)c(OCCC2CCN(C)CC2)c1. The number of carbonyl (C=O) groups is 2. The zero-order valence-electron chi connectivity index (χ0n) is 25.8. The van der Waals surface area contributed by atoms with Crippen LogP contribution in [0, 0.1) is 17.8 Å². The van der Waals surface area contributed by atoms with Crippen LogP contribution in [0.3, 0.4) is 0 Å². The van der Waals surface area contributed by atoms with Gasteiger partial charge in [-0.3, -0.25) is 14.3 Å². The Balaban J connectivity index is 1.55. The van der Waals surface area contributed by atoms with Crippen LogP contribution in [0.2, 0.25) is 0 Å². The third-order valence-corrected chi connectivity index (χ3v) is 9.08. The van der Waals surface area contributed by atoms with Gasteiger partial charge in [-0.25, -0.2) is 0 Å². The van der Waals surface area contributed by atoms with E-state index in [9.17, 15) is 19.8 Å². The van der Waals surface area contributed by atoms with Crippen molar-refractivity contribution < 1.29 is 24.5 Å². The molecule has 10 heteroatoms. The number of piperidine rings is 1. The van der Waals surface area contributed by atoms with Gasteiger partial charge in [0.2, 0.25) is 11.8 Å². The number of carbonyl (C=O) groups excluding carboxylic acids is 2. The van der Waals surface area contributed by atoms with Crippen LogP contribution in [-0.4, -0.2) is 93.6 Å². The summed E-state index contributed by atoms with van der Waals surface area (Å²) in [4.78, 5) is 30.6. The fourth-order valence-corrected chi connectivity index (χ4v) is 5.97. The van der Waals surface area contributed by atoms with Crippen LogP contribution in [0.15, 0.2) is 30.5 Å². The minimum Gasteiger partial charge on any atom is -0.493 e. The second kappa shape index (κ2) is 14.5. The molecule has 0 saturated carbocycles. The predicted molar refractivity (Wildman–Crippen MR) is 162 cm³/mol. The van der Waals surface area contributed by atoms with Crippen molar-refractivity contribution in [2.24, 2.45) is 17.8 Å². The number of nitrogens with one attached hydrogen (secondary N) is 1. The van der Waals surface area contributed by atoms with E-state index in [0.717, 1.165) is 50.2 Å². The number of hydrogen-bond acceptors (Lipinski definition) is 7. The Morgan fingerprint density at radius 3 is 2.57 bits per heavy atom. The highest BCUT2D eigenvalue weighted by atomic mass is 16.5. The summed E-state index contributed by atoms with van der Waals surface area (Å²) in [5.41, 5.74) is 2.57. The maximum Gasteiger partial charge on any atom is 0.243 e. The highest BCUT2D eigenvalue weighted by molar-refractivity contribution is 5.89. The van der Waals surface area contributed by atoms with E-state index in [-0.39, 0.29) is 43.2 Å². The van der Waals surface area contributed by atoms with Crippen molar-refractivity contribution in [3.63, 3.8) is 0 Å². The number of rotatable bonds is 12. The summed E-state index contributed by atoms with van der Waals surface area (Å²) in [6.45, 7) is 11.1. The van der Waals surface area contributed by atoms with Crippen molar-refractivity contribution in [3.8, 4) is 17.0 Å². The number of ether oxygens (including phenoxy) is 1. The molecule has 4 unspecified atom stereocenters. The standard InChI is InChI=1S/C32H49N5O5/c1-6-37-28(9-13-33-37)24-7-8-26(30(17-24)42-16-12-23-10-14-35(5)15-11-23)27(20-38)34-31(40)29-18-25(39)19-36(29)32(41)22(4)21(2)3/h7-9,13,17,21-23,25,27,29,38-39H,6,10-12,14-16,18-20H2,1-5H3,(H,34,40). The topological polar surface area (TPSA) is 120 Å². The van der Waals surface area contributed by atoms with E-state index >= 15 is 0 Å². The van der Waals surface area contributed by atoms with Gasteiger partial charge in [0.1, 0.15) is 11.8 Å². The molecule has 232 valence electrons. The lowest BCUT2D eigenvalue weighted by Gasteiger charge is -2.30. The van der Waals surface area contributed by atoms with Crippen LogP contribution in [0.1, 0.15) is 65.0 Å². The van der Waals surface area contributed by atoms with Gasteiger partial charge in [0.15, 0.2) is 0 Å². The molecule has 3 N–H and O–H groups in total. The lowest BCUT2D eigenvalue weighted by Crippen LogP contribution is -2.49. The van der Waals surface area contributed by atoms with Crippen molar-refractivity contribution in [2.45, 2.75) is 78.1 Å². The highest BCUT2D eigenvalue weighted by Gasteiger charge is 2.41. The Hall–Kier alpha value is -2.95. The van der Waals surface area contributed by atoms with Gasteiger partial charge in [0, 0.05) is 42.8 Å². The Kier molecular flexibility index (Phi) is 11.0. The molecule has 0 bridgehead atoms. The summed E-state index contributed by atoms with van der Waals surface area (Å²) < 4.78 is 8.31. The lowest BCUT2D eigenvalue weighted by molar-refractivity contribution is -0.142. The zero-order chi connectivity index (χ0) is 30.4. The summed E-state index contributed by atoms with van der Waals surface area (Å²) in [7, 11) is 2.15. The Morgan fingerprint density at radius 1 is 1.17 bits per heavy atom. The first kappa shape index (κ1) is 32.0. The Bertz CT molecular complexity index is 1190. The molecule has 0 aliphatic carbocycles. The van der Waals surface area contributed by atoms with E-state index in [4.69, 9.17) is 4.74 Å². The minimum atomic E-state index is -0.797. The number of aliphatic hydroxyl groups excluding tert-OH is 2. The minimum absolute atomic E-state index is 0.112. The number of aryl methyl sites for hydroxylation is 1. The van der Waals surface area contributed by atoms with E-state index in [0.29, 0.717) is 23.8 Å². The highest BCUT2D eigenvalue weighted by Crippen LogP contribution is 2.33. The third-order valence-electron chi connectivity index (χ3n) is 9.08. The first-order valence-corrected chi connectivity index (χ1v) is 15.5. The van der Waals surface area contributed by atoms with Gasteiger partial charge in [-0.05, 0) is 70.3 Å². The lowest BCUT2D eigenvalue weighted by atomic mass is 9.94. The molecular weight excluding hydrogens is 534 g/mol. The fraction of sp³-hybridized carbons (Fsp3) is 0.656. The summed E-state index contributed by atoms with van der Waals surface area (Å²) in [6, 6.07) is 6.23. The number of amides is 2. The number of β-amino-alcohol motifs (C(OH)–C–C–N with tert-alkyl or cyclic N) is 1. The summed E-state index contributed by atoms with van der Waals surface area (Å²) in [5.74, 6) is 0.524. The van der Waals surface area contributed by atoms with E-state index in [1.54, 1.807) is 6.20 Å². The molecular formula is C32H49N5O5. The average Bonchev–Trinajstić information content (AvgIpc) is 3.62. The number of aliphatic hydroxyl groups is 2. The van der Waals surface area contributed by atoms with Crippen LogP contribution in [-0.2, 0) is 16.1 Å². The van der Waals surface area contributed by atoms with Crippen molar-refractivity contribution in [1.29, 1.82) is 0 Å². The van der Waals surface area contributed by atoms with E-state index in [1.807, 2.05) is 56.6 Å². The maximum absolute atomic E-state index is 13.6. The fourth-order valence-electron chi connectivity index (χ4n) is 5.97. The Labute approximate surface area is 250 Å². The molecule has 2 aliphatic rings. The quantitative estimate of drug-likeness (QED) is 0.351. The van der Waals surface area contributed by atoms with Crippen molar-refractivity contribution in [2.75, 3.05) is 39.9 Å². The monoisotopic (exact) mass is 583 g/mol. The third kappa shape index (κ3) is 7.51. The number of hydrogen-bond donors (Lipinski definition) is 3. The number of benzene rings is 1. The molecule has 1 aromatic heterocycles. The van der Waals surface area contributed by atoms with Crippen molar-refractivity contribution in [3.05, 3.63) is 36.0 Å². The molecule has 3 heterocycles. The smallest absolute Gasteiger partial charge is 0.243 e. The second-order valence-electron chi connectivity index (χ2n) is 12.3.